The molecular formula is C27H28F3N5O3. The number of benzene rings is 1. The lowest BCUT2D eigenvalue weighted by Crippen LogP contribution is -2.56. The summed E-state index contributed by atoms with van der Waals surface area (Å²) in [7, 11) is 0. The van der Waals surface area contributed by atoms with Gasteiger partial charge in [-0.3, -0.25) is 14.6 Å². The minimum Gasteiger partial charge on any atom is -0.384 e. The lowest BCUT2D eigenvalue weighted by Gasteiger charge is -2.40. The van der Waals surface area contributed by atoms with Crippen LogP contribution in [0.2, 0.25) is 0 Å². The second kappa shape index (κ2) is 11.3. The number of pyridine rings is 2. The smallest absolute Gasteiger partial charge is 0.274 e. The molecule has 200 valence electrons. The Labute approximate surface area is 217 Å². The molecule has 1 fully saturated rings. The summed E-state index contributed by atoms with van der Waals surface area (Å²) < 4.78 is 43.0. The third-order valence-corrected chi connectivity index (χ3v) is 6.80. The number of nitrogens with two attached hydrogens (primary N) is 1. The predicted octanol–water partition coefficient (Wildman–Crippen LogP) is 3.52. The molecular weight excluding hydrogens is 499 g/mol. The number of hydrogen-bond acceptors (Lipinski definition) is 6. The van der Waals surface area contributed by atoms with Crippen LogP contribution < -0.4 is 16.4 Å². The third-order valence-electron chi connectivity index (χ3n) is 6.80. The third kappa shape index (κ3) is 5.68. The molecule has 38 heavy (non-hydrogen) atoms. The highest BCUT2D eigenvalue weighted by Crippen LogP contribution is 2.39. The first kappa shape index (κ1) is 27.2. The van der Waals surface area contributed by atoms with Crippen molar-refractivity contribution >= 4 is 17.5 Å². The van der Waals surface area contributed by atoms with Gasteiger partial charge in [-0.2, -0.15) is 0 Å². The fraction of sp³-hybridized carbons (Fsp3) is 0.333. The Balaban J connectivity index is 1.56. The second-order valence-electron chi connectivity index (χ2n) is 9.56. The van der Waals surface area contributed by atoms with E-state index in [0.29, 0.717) is 18.5 Å². The lowest BCUT2D eigenvalue weighted by atomic mass is 9.73. The van der Waals surface area contributed by atoms with E-state index in [-0.39, 0.29) is 23.6 Å². The Bertz CT molecular complexity index is 1320. The van der Waals surface area contributed by atoms with Crippen molar-refractivity contribution in [2.45, 2.75) is 50.8 Å². The van der Waals surface area contributed by atoms with Crippen molar-refractivity contribution in [2.75, 3.05) is 5.32 Å². The molecule has 2 heterocycles. The maximum atomic E-state index is 14.5. The van der Waals surface area contributed by atoms with Gasteiger partial charge in [0.1, 0.15) is 34.9 Å². The lowest BCUT2D eigenvalue weighted by molar-refractivity contribution is -0.130. The predicted molar refractivity (Wildman–Crippen MR) is 134 cm³/mol. The molecule has 8 nitrogen and oxygen atoms in total. The number of rotatable bonds is 6. The number of nitrogens with zero attached hydrogens (tertiary/aromatic N) is 2. The number of halogens is 3. The molecule has 5 N–H and O–H groups in total. The van der Waals surface area contributed by atoms with E-state index in [1.54, 1.807) is 12.3 Å². The van der Waals surface area contributed by atoms with Gasteiger partial charge in [0.05, 0.1) is 17.4 Å². The van der Waals surface area contributed by atoms with E-state index in [0.717, 1.165) is 35.9 Å². The number of aliphatic hydroxyl groups excluding tert-OH is 1. The molecule has 1 unspecified atom stereocenters. The highest BCUT2D eigenvalue weighted by Gasteiger charge is 2.36. The first-order chi connectivity index (χ1) is 18.1. The first-order valence-electron chi connectivity index (χ1n) is 12.2. The quantitative estimate of drug-likeness (QED) is 0.388. The number of anilines is 1. The number of aromatic nitrogens is 2. The zero-order valence-electron chi connectivity index (χ0n) is 20.8. The van der Waals surface area contributed by atoms with Gasteiger partial charge in [0.15, 0.2) is 0 Å². The molecule has 3 aromatic rings. The van der Waals surface area contributed by atoms with Gasteiger partial charge >= 0.3 is 0 Å². The summed E-state index contributed by atoms with van der Waals surface area (Å²) in [6.07, 6.45) is 3.03. The van der Waals surface area contributed by atoms with Gasteiger partial charge in [-0.15, -0.1) is 0 Å². The maximum Gasteiger partial charge on any atom is 0.274 e. The Morgan fingerprint density at radius 1 is 1.08 bits per heavy atom. The van der Waals surface area contributed by atoms with Crippen molar-refractivity contribution < 1.29 is 27.9 Å². The zero-order valence-corrected chi connectivity index (χ0v) is 20.8. The van der Waals surface area contributed by atoms with E-state index in [4.69, 9.17) is 5.73 Å². The summed E-state index contributed by atoms with van der Waals surface area (Å²) in [5.74, 6) is -4.30. The van der Waals surface area contributed by atoms with Crippen LogP contribution in [0.3, 0.4) is 0 Å². The molecule has 1 saturated carbocycles. The molecule has 0 aliphatic heterocycles. The standard InChI is InChI=1S/C27H28F3N5O3/c1-13-10-15(11-20(31)24(13)35-26(37)14(2)36)16-8-9-32-12-22(16)34-27(38)21-7-6-19(30)25(33-21)23-17(28)4-3-5-18(23)29/h3-9,12-15,20,24,36H,10-11,31H2,1-2H3,(H,34,38)(H,35,37)/t13-,14?,15+,20+,24-/m0/s1. The van der Waals surface area contributed by atoms with Crippen LogP contribution in [-0.2, 0) is 4.79 Å². The summed E-state index contributed by atoms with van der Waals surface area (Å²) in [5.41, 5.74) is 6.02. The fourth-order valence-electron chi connectivity index (χ4n) is 4.90. The summed E-state index contributed by atoms with van der Waals surface area (Å²) >= 11 is 0. The van der Waals surface area contributed by atoms with Crippen LogP contribution in [0.25, 0.3) is 11.3 Å². The van der Waals surface area contributed by atoms with Crippen molar-refractivity contribution in [1.29, 1.82) is 0 Å². The molecule has 11 heteroatoms. The maximum absolute atomic E-state index is 14.5. The van der Waals surface area contributed by atoms with Gasteiger partial charge in [0, 0.05) is 18.3 Å². The second-order valence-corrected chi connectivity index (χ2v) is 9.56. The van der Waals surface area contributed by atoms with Crippen molar-refractivity contribution in [3.8, 4) is 11.3 Å². The summed E-state index contributed by atoms with van der Waals surface area (Å²) in [6, 6.07) is 6.18. The Kier molecular flexibility index (Phi) is 8.08. The first-order valence-corrected chi connectivity index (χ1v) is 12.2. The van der Waals surface area contributed by atoms with Gasteiger partial charge in [-0.1, -0.05) is 13.0 Å². The van der Waals surface area contributed by atoms with Crippen LogP contribution in [0, 0.1) is 23.4 Å². The number of amides is 2. The number of aliphatic hydroxyl groups is 1. The van der Waals surface area contributed by atoms with Crippen LogP contribution in [0.4, 0.5) is 18.9 Å². The SMILES string of the molecule is CC(O)C(=O)N[C@@H]1[C@H](N)C[C@H](c2ccncc2NC(=O)c2ccc(F)c(-c3c(F)cccc3F)n2)C[C@@H]1C. The molecule has 1 aliphatic carbocycles. The largest absolute Gasteiger partial charge is 0.384 e. The van der Waals surface area contributed by atoms with Crippen LogP contribution in [-0.4, -0.2) is 45.1 Å². The minimum atomic E-state index is -1.15. The van der Waals surface area contributed by atoms with Crippen molar-refractivity contribution in [1.82, 2.24) is 15.3 Å². The van der Waals surface area contributed by atoms with E-state index in [9.17, 15) is 27.9 Å². The molecule has 0 saturated heterocycles. The molecule has 2 aromatic heterocycles. The Morgan fingerprint density at radius 2 is 1.79 bits per heavy atom. The van der Waals surface area contributed by atoms with E-state index < -0.39 is 52.7 Å². The van der Waals surface area contributed by atoms with E-state index >= 15 is 0 Å². The number of carbonyl (C=O) groups excluding carboxylic acids is 2. The molecule has 1 aromatic carbocycles. The van der Waals surface area contributed by atoms with Crippen molar-refractivity contribution in [2.24, 2.45) is 11.7 Å². The molecule has 0 radical (unpaired) electrons. The minimum absolute atomic E-state index is 0.0276. The topological polar surface area (TPSA) is 130 Å². The van der Waals surface area contributed by atoms with Crippen LogP contribution >= 0.6 is 0 Å². The highest BCUT2D eigenvalue weighted by atomic mass is 19.1. The van der Waals surface area contributed by atoms with Gasteiger partial charge < -0.3 is 21.5 Å². The molecule has 2 amide bonds. The van der Waals surface area contributed by atoms with Gasteiger partial charge in [-0.25, -0.2) is 18.2 Å². The van der Waals surface area contributed by atoms with Crippen LogP contribution in [0.15, 0.2) is 48.8 Å². The van der Waals surface area contributed by atoms with Gasteiger partial charge in [0.2, 0.25) is 5.91 Å². The average molecular weight is 528 g/mol. The molecule has 0 spiro atoms. The summed E-state index contributed by atoms with van der Waals surface area (Å²) in [5, 5.41) is 15.1. The number of hydrogen-bond donors (Lipinski definition) is 4. The highest BCUT2D eigenvalue weighted by molar-refractivity contribution is 6.03. The monoisotopic (exact) mass is 527 g/mol. The van der Waals surface area contributed by atoms with Gasteiger partial charge in [0.25, 0.3) is 5.91 Å². The fourth-order valence-corrected chi connectivity index (χ4v) is 4.90. The molecule has 1 aliphatic rings. The van der Waals surface area contributed by atoms with E-state index in [1.807, 2.05) is 6.92 Å². The molecule has 0 bridgehead atoms. The van der Waals surface area contributed by atoms with Crippen molar-refractivity contribution in [3.63, 3.8) is 0 Å². The normalized spacial score (nSPS) is 22.0. The van der Waals surface area contributed by atoms with Crippen LogP contribution in [0.5, 0.6) is 0 Å². The average Bonchev–Trinajstić information content (AvgIpc) is 2.87. The molecule has 5 atom stereocenters. The Hall–Kier alpha value is -3.83. The summed E-state index contributed by atoms with van der Waals surface area (Å²) in [6.45, 7) is 3.33. The number of nitrogens with one attached hydrogen (secondary N) is 2. The van der Waals surface area contributed by atoms with Crippen LogP contribution in [0.1, 0.15) is 48.7 Å². The summed E-state index contributed by atoms with van der Waals surface area (Å²) in [4.78, 5) is 33.1. The van der Waals surface area contributed by atoms with E-state index in [2.05, 4.69) is 20.6 Å². The zero-order chi connectivity index (χ0) is 27.6. The van der Waals surface area contributed by atoms with E-state index in [1.165, 1.54) is 13.1 Å². The van der Waals surface area contributed by atoms with Gasteiger partial charge in [-0.05, 0) is 67.5 Å². The Morgan fingerprint density at radius 3 is 2.45 bits per heavy atom. The number of carbonyl (C=O) groups is 2. The molecule has 4 rings (SSSR count). The van der Waals surface area contributed by atoms with Crippen molar-refractivity contribution in [3.05, 3.63) is 77.5 Å².